The first-order chi connectivity index (χ1) is 9.88. The van der Waals surface area contributed by atoms with Crippen LogP contribution in [0.25, 0.3) is 0 Å². The Morgan fingerprint density at radius 3 is 2.38 bits per heavy atom. The van der Waals surface area contributed by atoms with Gasteiger partial charge in [-0.15, -0.1) is 0 Å². The fraction of sp³-hybridized carbons (Fsp3) is 0.188. The first-order valence-electron chi connectivity index (χ1n) is 6.55. The molecule has 1 N–H and O–H groups in total. The maximum absolute atomic E-state index is 12.2. The third-order valence-electron chi connectivity index (χ3n) is 3.14. The van der Waals surface area contributed by atoms with E-state index in [-0.39, 0.29) is 17.2 Å². The van der Waals surface area contributed by atoms with Gasteiger partial charge in [-0.05, 0) is 31.5 Å². The third-order valence-corrected chi connectivity index (χ3v) is 4.54. The van der Waals surface area contributed by atoms with Gasteiger partial charge in [0.1, 0.15) is 0 Å². The first-order valence-corrected chi connectivity index (χ1v) is 8.03. The third kappa shape index (κ3) is 4.00. The van der Waals surface area contributed by atoms with Gasteiger partial charge in [0.2, 0.25) is 10.0 Å². The summed E-state index contributed by atoms with van der Waals surface area (Å²) < 4.78 is 27.0. The lowest BCUT2D eigenvalue weighted by Gasteiger charge is -2.08. The number of hydrogen-bond donors (Lipinski definition) is 1. The van der Waals surface area contributed by atoms with Gasteiger partial charge < -0.3 is 0 Å². The molecule has 0 heterocycles. The molecule has 2 aromatic rings. The van der Waals surface area contributed by atoms with Crippen molar-refractivity contribution in [2.75, 3.05) is 0 Å². The van der Waals surface area contributed by atoms with Crippen molar-refractivity contribution in [1.29, 1.82) is 0 Å². The maximum Gasteiger partial charge on any atom is 0.240 e. The summed E-state index contributed by atoms with van der Waals surface area (Å²) in [6.07, 6.45) is 0. The standard InChI is InChI=1S/C16H17NO3S/c1-12-6-8-14(9-7-12)11-17-21(19,20)16-5-3-4-15(10-16)13(2)18/h3-10,17H,11H2,1-2H3. The predicted molar refractivity (Wildman–Crippen MR) is 81.7 cm³/mol. The molecule has 0 aliphatic carbocycles. The monoisotopic (exact) mass is 303 g/mol. The summed E-state index contributed by atoms with van der Waals surface area (Å²) in [4.78, 5) is 11.4. The van der Waals surface area contributed by atoms with Crippen LogP contribution >= 0.6 is 0 Å². The summed E-state index contributed by atoms with van der Waals surface area (Å²) in [5.41, 5.74) is 2.39. The molecule has 0 fully saturated rings. The van der Waals surface area contributed by atoms with Crippen molar-refractivity contribution in [2.45, 2.75) is 25.3 Å². The molecule has 2 aromatic carbocycles. The Balaban J connectivity index is 2.16. The SMILES string of the molecule is CC(=O)c1cccc(S(=O)(=O)NCc2ccc(C)cc2)c1. The number of hydrogen-bond acceptors (Lipinski definition) is 3. The van der Waals surface area contributed by atoms with Gasteiger partial charge in [-0.2, -0.15) is 0 Å². The van der Waals surface area contributed by atoms with Gasteiger partial charge in [-0.3, -0.25) is 4.79 Å². The van der Waals surface area contributed by atoms with Crippen molar-refractivity contribution in [2.24, 2.45) is 0 Å². The normalized spacial score (nSPS) is 11.3. The zero-order valence-corrected chi connectivity index (χ0v) is 12.8. The molecule has 0 unspecified atom stereocenters. The van der Waals surface area contributed by atoms with Gasteiger partial charge in [0, 0.05) is 12.1 Å². The molecule has 0 aliphatic rings. The largest absolute Gasteiger partial charge is 0.295 e. The topological polar surface area (TPSA) is 63.2 Å². The number of rotatable bonds is 5. The van der Waals surface area contributed by atoms with E-state index in [1.807, 2.05) is 31.2 Å². The number of Topliss-reactive ketones (excluding diaryl/α,β-unsaturated/α-hetero) is 1. The average Bonchev–Trinajstić information content (AvgIpc) is 2.47. The highest BCUT2D eigenvalue weighted by Crippen LogP contribution is 2.13. The summed E-state index contributed by atoms with van der Waals surface area (Å²) in [7, 11) is -3.63. The fourth-order valence-corrected chi connectivity index (χ4v) is 2.91. The van der Waals surface area contributed by atoms with Gasteiger partial charge in [0.25, 0.3) is 0 Å². The zero-order valence-electron chi connectivity index (χ0n) is 12.0. The highest BCUT2D eigenvalue weighted by molar-refractivity contribution is 7.89. The van der Waals surface area contributed by atoms with E-state index in [0.29, 0.717) is 5.56 Å². The summed E-state index contributed by atoms with van der Waals surface area (Å²) in [6, 6.07) is 13.6. The number of ketones is 1. The van der Waals surface area contributed by atoms with E-state index in [1.54, 1.807) is 12.1 Å². The fourth-order valence-electron chi connectivity index (χ4n) is 1.85. The summed E-state index contributed by atoms with van der Waals surface area (Å²) in [5.74, 6) is -0.161. The minimum absolute atomic E-state index is 0.0994. The number of carbonyl (C=O) groups excluding carboxylic acids is 1. The molecule has 5 heteroatoms. The van der Waals surface area contributed by atoms with Crippen molar-refractivity contribution in [3.05, 3.63) is 65.2 Å². The molecule has 0 spiro atoms. The van der Waals surface area contributed by atoms with Gasteiger partial charge in [-0.1, -0.05) is 42.0 Å². The number of sulfonamides is 1. The molecule has 0 saturated heterocycles. The predicted octanol–water partition coefficient (Wildman–Crippen LogP) is 2.68. The number of benzene rings is 2. The zero-order chi connectivity index (χ0) is 15.5. The van der Waals surface area contributed by atoms with Crippen LogP contribution in [0.5, 0.6) is 0 Å². The van der Waals surface area contributed by atoms with Crippen LogP contribution in [0.4, 0.5) is 0 Å². The van der Waals surface area contributed by atoms with E-state index >= 15 is 0 Å². The van der Waals surface area contributed by atoms with E-state index in [1.165, 1.54) is 19.1 Å². The van der Waals surface area contributed by atoms with E-state index in [2.05, 4.69) is 4.72 Å². The van der Waals surface area contributed by atoms with E-state index in [9.17, 15) is 13.2 Å². The minimum Gasteiger partial charge on any atom is -0.295 e. The Labute approximate surface area is 124 Å². The van der Waals surface area contributed by atoms with Crippen molar-refractivity contribution in [1.82, 2.24) is 4.72 Å². The second-order valence-electron chi connectivity index (χ2n) is 4.89. The van der Waals surface area contributed by atoms with Crippen LogP contribution in [0.15, 0.2) is 53.4 Å². The Kier molecular flexibility index (Phi) is 4.55. The van der Waals surface area contributed by atoms with Gasteiger partial charge in [0.05, 0.1) is 4.90 Å². The molecule has 0 radical (unpaired) electrons. The Morgan fingerprint density at radius 2 is 1.76 bits per heavy atom. The van der Waals surface area contributed by atoms with Crippen molar-refractivity contribution >= 4 is 15.8 Å². The molecule has 21 heavy (non-hydrogen) atoms. The van der Waals surface area contributed by atoms with Crippen molar-refractivity contribution in [3.8, 4) is 0 Å². The average molecular weight is 303 g/mol. The lowest BCUT2D eigenvalue weighted by atomic mass is 10.2. The highest BCUT2D eigenvalue weighted by Gasteiger charge is 2.14. The Bertz CT molecular complexity index is 749. The van der Waals surface area contributed by atoms with E-state index in [4.69, 9.17) is 0 Å². The molecule has 110 valence electrons. The molecule has 0 amide bonds. The Morgan fingerprint density at radius 1 is 1.10 bits per heavy atom. The maximum atomic E-state index is 12.2. The number of carbonyl (C=O) groups is 1. The van der Waals surface area contributed by atoms with Crippen LogP contribution in [0.3, 0.4) is 0 Å². The molecule has 0 bridgehead atoms. The molecule has 0 atom stereocenters. The molecular formula is C16H17NO3S. The molecule has 4 nitrogen and oxygen atoms in total. The van der Waals surface area contributed by atoms with Crippen molar-refractivity contribution < 1.29 is 13.2 Å². The van der Waals surface area contributed by atoms with Crippen molar-refractivity contribution in [3.63, 3.8) is 0 Å². The molecule has 2 rings (SSSR count). The van der Waals surface area contributed by atoms with E-state index < -0.39 is 10.0 Å². The van der Waals surface area contributed by atoms with Crippen LogP contribution < -0.4 is 4.72 Å². The number of nitrogens with one attached hydrogen (secondary N) is 1. The molecule has 0 aromatic heterocycles. The van der Waals surface area contributed by atoms with Crippen LogP contribution in [0, 0.1) is 6.92 Å². The quantitative estimate of drug-likeness (QED) is 0.864. The molecule has 0 saturated carbocycles. The van der Waals surface area contributed by atoms with Crippen LogP contribution in [-0.4, -0.2) is 14.2 Å². The molecular weight excluding hydrogens is 286 g/mol. The first kappa shape index (κ1) is 15.4. The lowest BCUT2D eigenvalue weighted by Crippen LogP contribution is -2.23. The second kappa shape index (κ2) is 6.20. The van der Waals surface area contributed by atoms with Crippen LogP contribution in [0.2, 0.25) is 0 Å². The van der Waals surface area contributed by atoms with Gasteiger partial charge in [0.15, 0.2) is 5.78 Å². The number of aryl methyl sites for hydroxylation is 1. The van der Waals surface area contributed by atoms with Gasteiger partial charge >= 0.3 is 0 Å². The lowest BCUT2D eigenvalue weighted by molar-refractivity contribution is 0.101. The van der Waals surface area contributed by atoms with Gasteiger partial charge in [-0.25, -0.2) is 13.1 Å². The smallest absolute Gasteiger partial charge is 0.240 e. The van der Waals surface area contributed by atoms with E-state index in [0.717, 1.165) is 11.1 Å². The summed E-state index contributed by atoms with van der Waals surface area (Å²) >= 11 is 0. The Hall–Kier alpha value is -1.98. The van der Waals surface area contributed by atoms with Crippen LogP contribution in [-0.2, 0) is 16.6 Å². The highest BCUT2D eigenvalue weighted by atomic mass is 32.2. The second-order valence-corrected chi connectivity index (χ2v) is 6.66. The minimum atomic E-state index is -3.63. The van der Waals surface area contributed by atoms with Crippen LogP contribution in [0.1, 0.15) is 28.4 Å². The summed E-state index contributed by atoms with van der Waals surface area (Å²) in [5, 5.41) is 0. The summed E-state index contributed by atoms with van der Waals surface area (Å²) in [6.45, 7) is 3.60. The molecule has 0 aliphatic heterocycles.